The summed E-state index contributed by atoms with van der Waals surface area (Å²) in [5.74, 6) is 0. The van der Waals surface area contributed by atoms with Gasteiger partial charge in [-0.1, -0.05) is 0 Å². The lowest BCUT2D eigenvalue weighted by Gasteiger charge is -2.15. The first-order chi connectivity index (χ1) is 4.58. The lowest BCUT2D eigenvalue weighted by molar-refractivity contribution is -0.00120. The minimum Gasteiger partial charge on any atom is -0.394 e. The molecule has 0 amide bonds. The van der Waals surface area contributed by atoms with Crippen LogP contribution in [-0.4, -0.2) is 40.2 Å². The summed E-state index contributed by atoms with van der Waals surface area (Å²) in [6.07, 6.45) is -2.08. The Morgan fingerprint density at radius 1 is 1.80 bits per heavy atom. The number of aliphatic hydroxyl groups is 2. The molecule has 10 heavy (non-hydrogen) atoms. The largest absolute Gasteiger partial charge is 0.394 e. The molecular weight excluding hydrogens is 207 g/mol. The summed E-state index contributed by atoms with van der Waals surface area (Å²) >= 11 is 2.64. The average molecular weight is 215 g/mol. The van der Waals surface area contributed by atoms with Gasteiger partial charge in [-0.05, 0) is 15.9 Å². The van der Waals surface area contributed by atoms with E-state index in [0.29, 0.717) is 0 Å². The van der Waals surface area contributed by atoms with Crippen molar-refractivity contribution >= 4 is 15.9 Å². The summed E-state index contributed by atoms with van der Waals surface area (Å²) in [5, 5.41) is 17.5. The number of halogens is 2. The molecular formula is C5H8BrFO3. The first kappa shape index (κ1) is 8.39. The number of ether oxygens (including phenoxy) is 1. The number of hydrogen-bond acceptors (Lipinski definition) is 3. The van der Waals surface area contributed by atoms with Gasteiger partial charge in [0.1, 0.15) is 12.2 Å². The topological polar surface area (TPSA) is 49.7 Å². The second kappa shape index (κ2) is 2.73. The SMILES string of the molecule is OC[C@H]1OC[C@@](F)(Br)[C@@H]1O. The summed E-state index contributed by atoms with van der Waals surface area (Å²) in [5.41, 5.74) is 0. The van der Waals surface area contributed by atoms with E-state index >= 15 is 0 Å². The molecule has 1 heterocycles. The second-order valence-corrected chi connectivity index (χ2v) is 3.56. The van der Waals surface area contributed by atoms with Gasteiger partial charge in [0.15, 0.2) is 0 Å². The van der Waals surface area contributed by atoms with E-state index in [1.807, 2.05) is 0 Å². The molecule has 60 valence electrons. The minimum absolute atomic E-state index is 0.223. The van der Waals surface area contributed by atoms with E-state index in [0.717, 1.165) is 0 Å². The molecule has 0 radical (unpaired) electrons. The maximum atomic E-state index is 12.9. The maximum absolute atomic E-state index is 12.9. The zero-order valence-electron chi connectivity index (χ0n) is 5.13. The van der Waals surface area contributed by atoms with Crippen molar-refractivity contribution in [1.29, 1.82) is 0 Å². The van der Waals surface area contributed by atoms with Crippen LogP contribution < -0.4 is 0 Å². The number of rotatable bonds is 1. The number of aliphatic hydroxyl groups excluding tert-OH is 2. The fourth-order valence-corrected chi connectivity index (χ4v) is 1.25. The van der Waals surface area contributed by atoms with Gasteiger partial charge in [0.05, 0.1) is 13.2 Å². The van der Waals surface area contributed by atoms with E-state index in [-0.39, 0.29) is 13.2 Å². The summed E-state index contributed by atoms with van der Waals surface area (Å²) in [6, 6.07) is 0. The van der Waals surface area contributed by atoms with E-state index in [1.54, 1.807) is 0 Å². The first-order valence-corrected chi connectivity index (χ1v) is 3.65. The Balaban J connectivity index is 2.58. The summed E-state index contributed by atoms with van der Waals surface area (Å²) < 4.78 is 15.7. The summed E-state index contributed by atoms with van der Waals surface area (Å²) in [4.78, 5) is 0. The van der Waals surface area contributed by atoms with Crippen LogP contribution in [0.5, 0.6) is 0 Å². The second-order valence-electron chi connectivity index (χ2n) is 2.24. The third-order valence-electron chi connectivity index (χ3n) is 1.45. The monoisotopic (exact) mass is 214 g/mol. The molecule has 0 aromatic rings. The van der Waals surface area contributed by atoms with Gasteiger partial charge < -0.3 is 14.9 Å². The maximum Gasteiger partial charge on any atom is 0.216 e. The van der Waals surface area contributed by atoms with Crippen LogP contribution in [-0.2, 0) is 4.74 Å². The number of alkyl halides is 2. The molecule has 0 aromatic heterocycles. The van der Waals surface area contributed by atoms with Crippen molar-refractivity contribution in [1.82, 2.24) is 0 Å². The molecule has 1 aliphatic rings. The zero-order chi connectivity index (χ0) is 7.78. The molecule has 2 N–H and O–H groups in total. The molecule has 3 atom stereocenters. The van der Waals surface area contributed by atoms with Gasteiger partial charge in [0.2, 0.25) is 4.58 Å². The van der Waals surface area contributed by atoms with Crippen LogP contribution in [0.3, 0.4) is 0 Å². The average Bonchev–Trinajstić information content (AvgIpc) is 2.10. The highest BCUT2D eigenvalue weighted by atomic mass is 79.9. The van der Waals surface area contributed by atoms with Gasteiger partial charge >= 0.3 is 0 Å². The number of hydrogen-bond donors (Lipinski definition) is 2. The predicted molar refractivity (Wildman–Crippen MR) is 35.6 cm³/mol. The molecule has 3 nitrogen and oxygen atoms in total. The summed E-state index contributed by atoms with van der Waals surface area (Å²) in [7, 11) is 0. The Bertz CT molecular complexity index is 130. The van der Waals surface area contributed by atoms with E-state index in [9.17, 15) is 4.39 Å². The van der Waals surface area contributed by atoms with Crippen LogP contribution in [0.15, 0.2) is 0 Å². The molecule has 5 heteroatoms. The molecule has 0 unspecified atom stereocenters. The van der Waals surface area contributed by atoms with E-state index < -0.39 is 16.8 Å². The molecule has 1 saturated heterocycles. The Morgan fingerprint density at radius 2 is 2.40 bits per heavy atom. The van der Waals surface area contributed by atoms with Crippen LogP contribution >= 0.6 is 15.9 Å². The van der Waals surface area contributed by atoms with Crippen molar-refractivity contribution < 1.29 is 19.3 Å². The normalized spacial score (nSPS) is 48.0. The lowest BCUT2D eigenvalue weighted by Crippen LogP contribution is -2.35. The van der Waals surface area contributed by atoms with E-state index in [1.165, 1.54) is 0 Å². The molecule has 0 bridgehead atoms. The van der Waals surface area contributed by atoms with Gasteiger partial charge in [0, 0.05) is 0 Å². The molecule has 0 aliphatic carbocycles. The van der Waals surface area contributed by atoms with Gasteiger partial charge in [0.25, 0.3) is 0 Å². The summed E-state index contributed by atoms with van der Waals surface area (Å²) in [6.45, 7) is -0.585. The fraction of sp³-hybridized carbons (Fsp3) is 1.00. The van der Waals surface area contributed by atoms with Crippen LogP contribution in [0.2, 0.25) is 0 Å². The Kier molecular flexibility index (Phi) is 2.29. The molecule has 1 aliphatic heterocycles. The van der Waals surface area contributed by atoms with Crippen molar-refractivity contribution in [3.63, 3.8) is 0 Å². The highest BCUT2D eigenvalue weighted by Gasteiger charge is 2.47. The Labute approximate surface area is 65.9 Å². The van der Waals surface area contributed by atoms with Gasteiger partial charge in [-0.3, -0.25) is 0 Å². The van der Waals surface area contributed by atoms with Crippen molar-refractivity contribution in [2.24, 2.45) is 0 Å². The highest BCUT2D eigenvalue weighted by Crippen LogP contribution is 2.33. The zero-order valence-corrected chi connectivity index (χ0v) is 6.71. The molecule has 1 rings (SSSR count). The van der Waals surface area contributed by atoms with Gasteiger partial charge in [-0.2, -0.15) is 0 Å². The van der Waals surface area contributed by atoms with Crippen LogP contribution in [0.25, 0.3) is 0 Å². The lowest BCUT2D eigenvalue weighted by atomic mass is 10.2. The predicted octanol–water partition coefficient (Wildman–Crippen LogP) is -0.201. The Morgan fingerprint density at radius 3 is 2.60 bits per heavy atom. The van der Waals surface area contributed by atoms with Gasteiger partial charge in [-0.15, -0.1) is 0 Å². The van der Waals surface area contributed by atoms with Crippen LogP contribution in [0.1, 0.15) is 0 Å². The van der Waals surface area contributed by atoms with E-state index in [2.05, 4.69) is 15.9 Å². The standard InChI is InChI=1S/C5H8BrFO3/c6-5(7)2-10-3(1-8)4(5)9/h3-4,8-9H,1-2H2/t3-,4-,5+/m1/s1. The van der Waals surface area contributed by atoms with Crippen molar-refractivity contribution in [2.75, 3.05) is 13.2 Å². The van der Waals surface area contributed by atoms with Crippen molar-refractivity contribution in [2.45, 2.75) is 16.8 Å². The third-order valence-corrected chi connectivity index (χ3v) is 2.15. The molecule has 0 spiro atoms. The van der Waals surface area contributed by atoms with Crippen LogP contribution in [0, 0.1) is 0 Å². The van der Waals surface area contributed by atoms with Gasteiger partial charge in [-0.25, -0.2) is 4.39 Å². The fourth-order valence-electron chi connectivity index (χ4n) is 0.819. The van der Waals surface area contributed by atoms with E-state index in [4.69, 9.17) is 14.9 Å². The molecule has 0 saturated carbocycles. The smallest absolute Gasteiger partial charge is 0.216 e. The quantitative estimate of drug-likeness (QED) is 0.595. The first-order valence-electron chi connectivity index (χ1n) is 2.86. The van der Waals surface area contributed by atoms with Crippen molar-refractivity contribution in [3.05, 3.63) is 0 Å². The third kappa shape index (κ3) is 1.32. The minimum atomic E-state index is -1.89. The Hall–Kier alpha value is 0.290. The molecule has 1 fully saturated rings. The van der Waals surface area contributed by atoms with Crippen LogP contribution in [0.4, 0.5) is 4.39 Å². The molecule has 0 aromatic carbocycles. The van der Waals surface area contributed by atoms with Crippen molar-refractivity contribution in [3.8, 4) is 0 Å². The highest BCUT2D eigenvalue weighted by molar-refractivity contribution is 9.10.